The Morgan fingerprint density at radius 2 is 1.97 bits per heavy atom. The molecule has 0 amide bonds. The van der Waals surface area contributed by atoms with Crippen molar-refractivity contribution in [1.29, 1.82) is 0 Å². The van der Waals surface area contributed by atoms with Crippen LogP contribution < -0.4 is 0 Å². The number of carbonyl (C=O) groups excluding carboxylic acids is 1. The topological polar surface area (TPSA) is 70.5 Å². The van der Waals surface area contributed by atoms with Crippen LogP contribution in [0.5, 0.6) is 0 Å². The Bertz CT molecular complexity index is 938. The molecule has 3 atom stereocenters. The van der Waals surface area contributed by atoms with E-state index in [4.69, 9.17) is 19.2 Å². The number of aromatic nitrogens is 2. The van der Waals surface area contributed by atoms with Gasteiger partial charge in [0.05, 0.1) is 31.1 Å². The van der Waals surface area contributed by atoms with Gasteiger partial charge in [0.2, 0.25) is 0 Å². The van der Waals surface area contributed by atoms with Crippen molar-refractivity contribution in [3.8, 4) is 0 Å². The Morgan fingerprint density at radius 3 is 2.70 bits per heavy atom. The van der Waals surface area contributed by atoms with Crippen molar-refractivity contribution in [1.82, 2.24) is 9.97 Å². The molecule has 5 rings (SSSR count). The van der Waals surface area contributed by atoms with E-state index in [0.717, 1.165) is 31.4 Å². The van der Waals surface area contributed by atoms with Crippen LogP contribution >= 0.6 is 0 Å². The third-order valence-electron chi connectivity index (χ3n) is 7.42. The molecule has 2 fully saturated rings. The van der Waals surface area contributed by atoms with E-state index in [1.807, 2.05) is 25.3 Å². The number of hydrogen-bond donors (Lipinski definition) is 0. The van der Waals surface area contributed by atoms with Crippen LogP contribution in [0.4, 0.5) is 0 Å². The maximum Gasteiger partial charge on any atom is 0.338 e. The maximum atomic E-state index is 12.2. The fourth-order valence-corrected chi connectivity index (χ4v) is 6.05. The number of aryl methyl sites for hydroxylation is 1. The van der Waals surface area contributed by atoms with Crippen molar-refractivity contribution in [2.75, 3.05) is 19.8 Å². The van der Waals surface area contributed by atoms with Crippen LogP contribution in [0.2, 0.25) is 0 Å². The Hall–Kier alpha value is -2.31. The lowest BCUT2D eigenvalue weighted by Gasteiger charge is -2.55. The number of hydrogen-bond acceptors (Lipinski definition) is 6. The first-order chi connectivity index (χ1) is 14.6. The molecule has 158 valence electrons. The molecule has 1 saturated carbocycles. The summed E-state index contributed by atoms with van der Waals surface area (Å²) in [4.78, 5) is 21.2. The van der Waals surface area contributed by atoms with Gasteiger partial charge in [-0.1, -0.05) is 19.1 Å². The predicted molar refractivity (Wildman–Crippen MR) is 110 cm³/mol. The summed E-state index contributed by atoms with van der Waals surface area (Å²) in [6, 6.07) is 7.92. The smallest absolute Gasteiger partial charge is 0.338 e. The highest BCUT2D eigenvalue weighted by atomic mass is 16.7. The highest BCUT2D eigenvalue weighted by Gasteiger charge is 2.59. The van der Waals surface area contributed by atoms with Gasteiger partial charge in [-0.15, -0.1) is 0 Å². The third-order valence-corrected chi connectivity index (χ3v) is 7.42. The summed E-state index contributed by atoms with van der Waals surface area (Å²) in [5.74, 6) is -0.196. The van der Waals surface area contributed by atoms with Crippen LogP contribution in [0.1, 0.15) is 60.3 Å². The van der Waals surface area contributed by atoms with Gasteiger partial charge in [0.1, 0.15) is 6.33 Å². The predicted octanol–water partition coefficient (Wildman–Crippen LogP) is 3.67. The molecular formula is C24H28N2O4. The zero-order chi connectivity index (χ0) is 20.8. The highest BCUT2D eigenvalue weighted by Crippen LogP contribution is 2.59. The van der Waals surface area contributed by atoms with Crippen LogP contribution in [-0.4, -0.2) is 41.5 Å². The van der Waals surface area contributed by atoms with Crippen LogP contribution in [0, 0.1) is 11.8 Å². The minimum absolute atomic E-state index is 0.232. The van der Waals surface area contributed by atoms with Crippen LogP contribution in [0.25, 0.3) is 0 Å². The lowest BCUT2D eigenvalue weighted by molar-refractivity contribution is -0.232. The van der Waals surface area contributed by atoms with Gasteiger partial charge >= 0.3 is 5.97 Å². The summed E-state index contributed by atoms with van der Waals surface area (Å²) in [6.45, 7) is 5.79. The first-order valence-corrected chi connectivity index (χ1v) is 11.0. The van der Waals surface area contributed by atoms with Gasteiger partial charge in [0.25, 0.3) is 0 Å². The molecule has 0 bridgehead atoms. The number of carbonyl (C=O) groups is 1. The summed E-state index contributed by atoms with van der Waals surface area (Å²) in [5, 5.41) is 0. The van der Waals surface area contributed by atoms with Crippen molar-refractivity contribution < 1.29 is 19.0 Å². The molecule has 0 N–H and O–H groups in total. The number of nitrogens with zero attached hydrogens (tertiary/aromatic N) is 2. The summed E-state index contributed by atoms with van der Waals surface area (Å²) in [7, 11) is 0. The number of fused-ring (bicyclic) bond motifs is 3. The molecule has 1 aromatic carbocycles. The van der Waals surface area contributed by atoms with Gasteiger partial charge < -0.3 is 14.2 Å². The normalized spacial score (nSPS) is 29.3. The fourth-order valence-electron chi connectivity index (χ4n) is 6.05. The summed E-state index contributed by atoms with van der Waals surface area (Å²) in [5.41, 5.74) is 3.89. The number of benzene rings is 1. The molecule has 2 aliphatic carbocycles. The second-order valence-electron chi connectivity index (χ2n) is 8.61. The molecule has 3 aliphatic rings. The van der Waals surface area contributed by atoms with Crippen molar-refractivity contribution >= 4 is 5.97 Å². The van der Waals surface area contributed by atoms with E-state index in [-0.39, 0.29) is 17.3 Å². The summed E-state index contributed by atoms with van der Waals surface area (Å²) in [6.07, 6.45) is 7.34. The molecule has 1 aromatic heterocycles. The van der Waals surface area contributed by atoms with Gasteiger partial charge in [-0.3, -0.25) is 0 Å². The van der Waals surface area contributed by atoms with E-state index in [0.29, 0.717) is 31.3 Å². The van der Waals surface area contributed by atoms with Gasteiger partial charge in [-0.05, 0) is 55.4 Å². The molecule has 2 heterocycles. The van der Waals surface area contributed by atoms with Gasteiger partial charge in [-0.2, -0.15) is 0 Å². The van der Waals surface area contributed by atoms with Gasteiger partial charge in [0, 0.05) is 24.0 Å². The zero-order valence-electron chi connectivity index (χ0n) is 17.6. The second kappa shape index (κ2) is 7.43. The van der Waals surface area contributed by atoms with E-state index in [1.165, 1.54) is 11.1 Å². The SMILES string of the molecule is CCOC(=O)c1ccc([C@@]23CCC4(OCCO4)[C@@H](C)[C@H]2CCc2cncnc23)cc1. The first kappa shape index (κ1) is 19.6. The minimum Gasteiger partial charge on any atom is -0.462 e. The van der Waals surface area contributed by atoms with Crippen LogP contribution in [0.15, 0.2) is 36.8 Å². The average molecular weight is 408 g/mol. The van der Waals surface area contributed by atoms with E-state index in [2.05, 4.69) is 24.0 Å². The lowest BCUT2D eigenvalue weighted by atomic mass is 9.52. The molecule has 1 aliphatic heterocycles. The molecule has 1 spiro atoms. The molecule has 30 heavy (non-hydrogen) atoms. The summed E-state index contributed by atoms with van der Waals surface area (Å²) < 4.78 is 17.5. The molecule has 1 saturated heterocycles. The standard InChI is InChI=1S/C24H28N2O4/c1-3-28-22(27)17-4-7-19(8-5-17)23-10-11-24(29-12-13-30-24)16(2)20(23)9-6-18-14-25-15-26-21(18)23/h4-5,7-8,14-16,20H,3,6,9-13H2,1-2H3/t16-,20+,23-/m0/s1. The molecule has 6 heteroatoms. The minimum atomic E-state index is -0.483. The van der Waals surface area contributed by atoms with E-state index in [1.54, 1.807) is 6.33 Å². The monoisotopic (exact) mass is 408 g/mol. The second-order valence-corrected chi connectivity index (χ2v) is 8.61. The van der Waals surface area contributed by atoms with Crippen LogP contribution in [0.3, 0.4) is 0 Å². The largest absolute Gasteiger partial charge is 0.462 e. The lowest BCUT2D eigenvalue weighted by Crippen LogP contribution is -2.57. The Morgan fingerprint density at radius 1 is 1.20 bits per heavy atom. The van der Waals surface area contributed by atoms with Crippen molar-refractivity contribution in [3.63, 3.8) is 0 Å². The van der Waals surface area contributed by atoms with Crippen molar-refractivity contribution in [2.24, 2.45) is 11.8 Å². The number of ether oxygens (including phenoxy) is 3. The molecule has 2 aromatic rings. The van der Waals surface area contributed by atoms with E-state index >= 15 is 0 Å². The Balaban J connectivity index is 1.61. The number of esters is 1. The van der Waals surface area contributed by atoms with E-state index < -0.39 is 5.79 Å². The quantitative estimate of drug-likeness (QED) is 0.722. The van der Waals surface area contributed by atoms with Gasteiger partial charge in [0.15, 0.2) is 5.79 Å². The van der Waals surface area contributed by atoms with Gasteiger partial charge in [-0.25, -0.2) is 14.8 Å². The van der Waals surface area contributed by atoms with Crippen molar-refractivity contribution in [3.05, 3.63) is 59.2 Å². The third kappa shape index (κ3) is 2.81. The zero-order valence-corrected chi connectivity index (χ0v) is 17.6. The molecule has 6 nitrogen and oxygen atoms in total. The van der Waals surface area contributed by atoms with Crippen molar-refractivity contribution in [2.45, 2.75) is 50.7 Å². The van der Waals surface area contributed by atoms with E-state index in [9.17, 15) is 4.79 Å². The number of rotatable bonds is 3. The highest BCUT2D eigenvalue weighted by molar-refractivity contribution is 5.89. The van der Waals surface area contributed by atoms with Crippen LogP contribution in [-0.2, 0) is 26.0 Å². The maximum absolute atomic E-state index is 12.2. The molecular weight excluding hydrogens is 380 g/mol. The molecule has 0 unspecified atom stereocenters. The average Bonchev–Trinajstić information content (AvgIpc) is 3.26. The Kier molecular flexibility index (Phi) is 4.86. The Labute approximate surface area is 177 Å². The fraction of sp³-hybridized carbons (Fsp3) is 0.542. The first-order valence-electron chi connectivity index (χ1n) is 11.0. The summed E-state index contributed by atoms with van der Waals surface area (Å²) >= 11 is 0. The molecule has 0 radical (unpaired) electrons.